The minimum atomic E-state index is -1.33. The van der Waals surface area contributed by atoms with Crippen molar-refractivity contribution in [3.8, 4) is 11.5 Å². The zero-order valence-electron chi connectivity index (χ0n) is 24.5. The fourth-order valence-electron chi connectivity index (χ4n) is 8.03. The second-order valence-corrected chi connectivity index (χ2v) is 14.3. The third-order valence-corrected chi connectivity index (χ3v) is 11.5. The van der Waals surface area contributed by atoms with Crippen molar-refractivity contribution in [2.75, 3.05) is 16.9 Å². The lowest BCUT2D eigenvalue weighted by Gasteiger charge is -2.49. The van der Waals surface area contributed by atoms with Crippen molar-refractivity contribution in [2.24, 2.45) is 29.1 Å². The number of amides is 4. The van der Waals surface area contributed by atoms with Crippen LogP contribution < -0.4 is 14.5 Å². The van der Waals surface area contributed by atoms with Gasteiger partial charge < -0.3 is 9.84 Å². The highest BCUT2D eigenvalue weighted by Gasteiger charge is 2.67. The smallest absolute Gasteiger partial charge is 0.241 e. The number of ether oxygens (including phenoxy) is 1. The molecule has 3 aromatic carbocycles. The Balaban J connectivity index is 1.39. The minimum absolute atomic E-state index is 0.0646. The van der Waals surface area contributed by atoms with Crippen molar-refractivity contribution in [1.29, 1.82) is 0 Å². The number of methoxy groups -OCH3 is 1. The number of rotatable bonds is 4. The van der Waals surface area contributed by atoms with E-state index in [2.05, 4.69) is 0 Å². The van der Waals surface area contributed by atoms with Crippen LogP contribution in [0.5, 0.6) is 11.5 Å². The van der Waals surface area contributed by atoms with Crippen LogP contribution in [0.4, 0.5) is 15.8 Å². The van der Waals surface area contributed by atoms with E-state index in [-0.39, 0.29) is 46.9 Å². The maximum absolute atomic E-state index is 14.6. The van der Waals surface area contributed by atoms with Crippen molar-refractivity contribution in [1.82, 2.24) is 0 Å². The molecule has 1 saturated carbocycles. The van der Waals surface area contributed by atoms with Crippen molar-refractivity contribution in [3.05, 3.63) is 91.2 Å². The van der Waals surface area contributed by atoms with E-state index in [1.54, 1.807) is 43.3 Å². The van der Waals surface area contributed by atoms with Gasteiger partial charge in [0, 0.05) is 10.9 Å². The van der Waals surface area contributed by atoms with E-state index in [9.17, 15) is 28.7 Å². The van der Waals surface area contributed by atoms with Gasteiger partial charge in [-0.25, -0.2) is 9.29 Å². The number of imide groups is 2. The summed E-state index contributed by atoms with van der Waals surface area (Å²) in [7, 11) is 1.42. The number of halogens is 4. The summed E-state index contributed by atoms with van der Waals surface area (Å²) in [6, 6.07) is 13.6. The molecule has 12 heteroatoms. The monoisotopic (exact) mass is 774 g/mol. The molecule has 46 heavy (non-hydrogen) atoms. The number of benzene rings is 3. The number of carbonyl (C=O) groups is 4. The van der Waals surface area contributed by atoms with Gasteiger partial charge in [-0.1, -0.05) is 34.9 Å². The molecule has 0 bridgehead atoms. The van der Waals surface area contributed by atoms with E-state index < -0.39 is 52.6 Å². The first-order valence-corrected chi connectivity index (χ1v) is 16.4. The van der Waals surface area contributed by atoms with Gasteiger partial charge in [-0.05, 0) is 108 Å². The van der Waals surface area contributed by atoms with Gasteiger partial charge >= 0.3 is 0 Å². The van der Waals surface area contributed by atoms with E-state index in [1.165, 1.54) is 24.1 Å². The molecule has 2 aliphatic heterocycles. The Morgan fingerprint density at radius 3 is 2.30 bits per heavy atom. The Labute approximate surface area is 287 Å². The zero-order valence-corrected chi connectivity index (χ0v) is 28.1. The van der Waals surface area contributed by atoms with E-state index >= 15 is 0 Å². The zero-order chi connectivity index (χ0) is 32.8. The molecule has 2 heterocycles. The molecule has 0 spiro atoms. The molecule has 1 N–H and O–H groups in total. The second-order valence-electron chi connectivity index (χ2n) is 12.3. The second kappa shape index (κ2) is 11.1. The summed E-state index contributed by atoms with van der Waals surface area (Å²) >= 11 is 14.1. The predicted molar refractivity (Wildman–Crippen MR) is 177 cm³/mol. The van der Waals surface area contributed by atoms with Crippen LogP contribution in [0.25, 0.3) is 0 Å². The molecule has 3 aromatic rings. The Morgan fingerprint density at radius 1 is 0.935 bits per heavy atom. The number of fused-ring (bicyclic) bond motifs is 4. The van der Waals surface area contributed by atoms with Gasteiger partial charge in [0.2, 0.25) is 23.6 Å². The number of carbonyl (C=O) groups excluding carboxylic acids is 4. The Hall–Kier alpha value is -3.48. The lowest BCUT2D eigenvalue weighted by molar-refractivity contribution is -0.131. The maximum atomic E-state index is 14.6. The average Bonchev–Trinajstić information content (AvgIpc) is 3.40. The average molecular weight is 775 g/mol. The van der Waals surface area contributed by atoms with Crippen molar-refractivity contribution >= 4 is 80.8 Å². The van der Waals surface area contributed by atoms with Gasteiger partial charge in [0.25, 0.3) is 0 Å². The summed E-state index contributed by atoms with van der Waals surface area (Å²) in [5.41, 5.74) is 0.622. The first-order valence-electron chi connectivity index (χ1n) is 14.6. The third-order valence-electron chi connectivity index (χ3n) is 10.1. The van der Waals surface area contributed by atoms with Gasteiger partial charge in [0.15, 0.2) is 11.5 Å². The Bertz CT molecular complexity index is 1900. The summed E-state index contributed by atoms with van der Waals surface area (Å²) < 4.78 is 20.1. The fraction of sp³-hybridized carbons (Fsp3) is 0.294. The molecule has 2 aliphatic carbocycles. The molecule has 0 radical (unpaired) electrons. The number of allylic oxidation sites excluding steroid dienone is 2. The number of phenolic OH excluding ortho intramolecular Hbond substituents is 1. The van der Waals surface area contributed by atoms with Gasteiger partial charge in [0.05, 0.1) is 50.2 Å². The molecule has 236 valence electrons. The number of nitrogens with zero attached hydrogens (tertiary/aromatic N) is 2. The van der Waals surface area contributed by atoms with Crippen LogP contribution in [0.2, 0.25) is 10.0 Å². The van der Waals surface area contributed by atoms with Crippen LogP contribution in [0.15, 0.2) is 66.2 Å². The normalized spacial score (nSPS) is 28.7. The maximum Gasteiger partial charge on any atom is 0.241 e. The highest BCUT2D eigenvalue weighted by molar-refractivity contribution is 14.1. The number of phenols is 1. The molecule has 6 unspecified atom stereocenters. The van der Waals surface area contributed by atoms with Crippen LogP contribution in [-0.4, -0.2) is 35.8 Å². The van der Waals surface area contributed by atoms with Crippen LogP contribution in [0, 0.1) is 38.5 Å². The lowest BCUT2D eigenvalue weighted by atomic mass is 9.51. The van der Waals surface area contributed by atoms with Crippen molar-refractivity contribution in [3.63, 3.8) is 0 Å². The fourth-order valence-corrected chi connectivity index (χ4v) is 8.95. The lowest BCUT2D eigenvalue weighted by Crippen LogP contribution is -2.48. The first-order chi connectivity index (χ1) is 21.9. The molecular formula is C34H26Cl2FIN2O6. The van der Waals surface area contributed by atoms with Gasteiger partial charge in [0.1, 0.15) is 5.82 Å². The van der Waals surface area contributed by atoms with Crippen LogP contribution in [-0.2, 0) is 19.2 Å². The molecular weight excluding hydrogens is 749 g/mol. The van der Waals surface area contributed by atoms with Gasteiger partial charge in [-0.3, -0.25) is 24.1 Å². The summed E-state index contributed by atoms with van der Waals surface area (Å²) in [6.07, 6.45) is 2.36. The highest BCUT2D eigenvalue weighted by atomic mass is 127. The summed E-state index contributed by atoms with van der Waals surface area (Å²) in [5, 5.41) is 10.9. The summed E-state index contributed by atoms with van der Waals surface area (Å²) in [6.45, 7) is 1.74. The quantitative estimate of drug-likeness (QED) is 0.176. The molecule has 0 aromatic heterocycles. The first kappa shape index (κ1) is 31.1. The molecule has 2 saturated heterocycles. The molecule has 4 amide bonds. The van der Waals surface area contributed by atoms with Crippen LogP contribution in [0.1, 0.15) is 31.2 Å². The molecule has 4 aliphatic rings. The topological polar surface area (TPSA) is 104 Å². The highest BCUT2D eigenvalue weighted by Crippen LogP contribution is 2.64. The molecule has 6 atom stereocenters. The van der Waals surface area contributed by atoms with E-state index in [0.717, 1.165) is 16.5 Å². The molecule has 8 nitrogen and oxygen atoms in total. The van der Waals surface area contributed by atoms with Crippen LogP contribution in [0.3, 0.4) is 0 Å². The minimum Gasteiger partial charge on any atom is -0.504 e. The van der Waals surface area contributed by atoms with Gasteiger partial charge in [-0.2, -0.15) is 0 Å². The largest absolute Gasteiger partial charge is 0.504 e. The molecule has 3 fully saturated rings. The van der Waals surface area contributed by atoms with E-state index in [0.29, 0.717) is 19.8 Å². The van der Waals surface area contributed by atoms with E-state index in [1.807, 2.05) is 28.7 Å². The number of aromatic hydroxyl groups is 1. The summed E-state index contributed by atoms with van der Waals surface area (Å²) in [4.78, 5) is 59.1. The van der Waals surface area contributed by atoms with Crippen LogP contribution >= 0.6 is 45.8 Å². The Kier molecular flexibility index (Phi) is 7.48. The molecule has 7 rings (SSSR count). The van der Waals surface area contributed by atoms with Crippen molar-refractivity contribution in [2.45, 2.75) is 25.7 Å². The third kappa shape index (κ3) is 4.36. The number of anilines is 2. The predicted octanol–water partition coefficient (Wildman–Crippen LogP) is 6.89. The van der Waals surface area contributed by atoms with E-state index in [4.69, 9.17) is 27.9 Å². The standard InChI is InChI=1S/C34H26Cl2FIN2O6/c1-34-22(31(43)40(33(34)45)18-7-10-24(37)23(36)13-18)14-21-19(28(34)15-11-25(38)29(41)26(12-15)46-2)8-9-20-27(21)32(44)39(30(20)42)17-5-3-16(35)4-6-17/h3-8,10-13,20-22,27-28,41H,9,14H2,1-2H3. The summed E-state index contributed by atoms with van der Waals surface area (Å²) in [5.74, 6) is -5.78. The Morgan fingerprint density at radius 2 is 1.63 bits per heavy atom. The van der Waals surface area contributed by atoms with Crippen molar-refractivity contribution < 1.29 is 33.4 Å². The van der Waals surface area contributed by atoms with Gasteiger partial charge in [-0.15, -0.1) is 0 Å². The SMILES string of the molecule is COc1cc(C2C3=CCC4C(=O)N(c5ccc(Cl)cc5)C(=O)C4C3CC3C(=O)N(c4ccc(F)c(Cl)c4)C(=O)C32C)cc(I)c1O. The number of hydrogen-bond donors (Lipinski definition) is 1. The number of hydrogen-bond acceptors (Lipinski definition) is 6.